The van der Waals surface area contributed by atoms with Gasteiger partial charge in [-0.15, -0.1) is 6.58 Å². The molecule has 6 aromatic rings. The molecule has 0 saturated carbocycles. The summed E-state index contributed by atoms with van der Waals surface area (Å²) in [5.74, 6) is -0.103. The quantitative estimate of drug-likeness (QED) is 0.123. The van der Waals surface area contributed by atoms with E-state index in [1.54, 1.807) is 81.5 Å². The number of nitrogens with zero attached hydrogens (tertiary/aromatic N) is 5. The molecular formula is C49H48N6O6. The Bertz CT molecular complexity index is 2590. The standard InChI is InChI=1S/C49H48N6O6/c1-4-26-53-32-46(58)54-43(27-34-16-23-39(56)24-17-34)49(60)52(31-44(54)55(53)45(57)25-18-33-10-6-5-7-11-33)29-37-12-8-15-41-42(30-51(2)47(37)41)35-19-21-36(22-20-35)48(59)50-38-13-9-14-40(28-38)61-3/h4-17,19-24,28,30,43-44,56H,1,18,25-27,29,31-32H2,2-3H3,(H,50,59)/t43-,44-/m0/s1. The lowest BCUT2D eigenvalue weighted by Gasteiger charge is -2.55. The summed E-state index contributed by atoms with van der Waals surface area (Å²) in [7, 11) is 3.55. The fourth-order valence-corrected chi connectivity index (χ4v) is 8.59. The molecular weight excluding hydrogens is 769 g/mol. The number of carbonyl (C=O) groups is 4. The minimum atomic E-state index is -0.895. The normalized spacial score (nSPS) is 16.7. The van der Waals surface area contributed by atoms with E-state index in [4.69, 9.17) is 4.74 Å². The second-order valence-electron chi connectivity index (χ2n) is 15.5. The number of nitrogens with one attached hydrogen (secondary N) is 1. The van der Waals surface area contributed by atoms with Crippen molar-refractivity contribution in [2.75, 3.05) is 32.1 Å². The van der Waals surface area contributed by atoms with Crippen LogP contribution in [0.3, 0.4) is 0 Å². The van der Waals surface area contributed by atoms with Crippen molar-refractivity contribution in [3.63, 3.8) is 0 Å². The number of aryl methyl sites for hydroxylation is 2. The average Bonchev–Trinajstić information content (AvgIpc) is 3.62. The number of benzene rings is 5. The number of carbonyl (C=O) groups excluding carboxylic acids is 4. The monoisotopic (exact) mass is 816 g/mol. The summed E-state index contributed by atoms with van der Waals surface area (Å²) in [6.07, 6.45) is 3.91. The molecule has 310 valence electrons. The van der Waals surface area contributed by atoms with Gasteiger partial charge >= 0.3 is 0 Å². The van der Waals surface area contributed by atoms with Crippen LogP contribution in [0.15, 0.2) is 140 Å². The molecule has 4 amide bonds. The molecule has 0 radical (unpaired) electrons. The van der Waals surface area contributed by atoms with E-state index in [0.717, 1.165) is 38.7 Å². The number of hydrogen-bond acceptors (Lipinski definition) is 7. The molecule has 1 aromatic heterocycles. The molecule has 12 nitrogen and oxygen atoms in total. The Hall–Kier alpha value is -7.18. The first kappa shape index (κ1) is 40.6. The molecule has 12 heteroatoms. The highest BCUT2D eigenvalue weighted by molar-refractivity contribution is 6.05. The van der Waals surface area contributed by atoms with E-state index in [2.05, 4.69) is 11.9 Å². The van der Waals surface area contributed by atoms with E-state index < -0.39 is 12.2 Å². The van der Waals surface area contributed by atoms with Gasteiger partial charge in [0.25, 0.3) is 5.91 Å². The number of methoxy groups -OCH3 is 1. The van der Waals surface area contributed by atoms with Crippen molar-refractivity contribution in [1.29, 1.82) is 0 Å². The predicted octanol–water partition coefficient (Wildman–Crippen LogP) is 6.80. The first-order chi connectivity index (χ1) is 29.6. The van der Waals surface area contributed by atoms with Gasteiger partial charge in [0.1, 0.15) is 23.7 Å². The number of amides is 4. The molecule has 0 spiro atoms. The zero-order valence-corrected chi connectivity index (χ0v) is 34.2. The maximum absolute atomic E-state index is 14.8. The summed E-state index contributed by atoms with van der Waals surface area (Å²) in [6, 6.07) is 36.2. The van der Waals surface area contributed by atoms with Gasteiger partial charge in [0.2, 0.25) is 17.7 Å². The van der Waals surface area contributed by atoms with E-state index in [1.807, 2.05) is 90.6 Å². The number of aromatic hydroxyl groups is 1. The first-order valence-electron chi connectivity index (χ1n) is 20.3. The minimum absolute atomic E-state index is 0.0711. The van der Waals surface area contributed by atoms with Crippen molar-refractivity contribution in [3.05, 3.63) is 162 Å². The third kappa shape index (κ3) is 8.48. The van der Waals surface area contributed by atoms with Gasteiger partial charge in [-0.25, -0.2) is 10.0 Å². The molecule has 2 aliphatic heterocycles. The lowest BCUT2D eigenvalue weighted by molar-refractivity contribution is -0.205. The van der Waals surface area contributed by atoms with Gasteiger partial charge in [-0.1, -0.05) is 84.9 Å². The number of aromatic nitrogens is 1. The molecule has 2 aliphatic rings. The summed E-state index contributed by atoms with van der Waals surface area (Å²) >= 11 is 0. The van der Waals surface area contributed by atoms with Gasteiger partial charge in [-0.2, -0.15) is 0 Å². The number of phenols is 1. The lowest BCUT2D eigenvalue weighted by Crippen LogP contribution is -2.75. The SMILES string of the molecule is C=CCN1CC(=O)N2[C@@H](Cc3ccc(O)cc3)C(=O)N(Cc3cccc4c(-c5ccc(C(=O)Nc6cccc(OC)c6)cc5)cn(C)c34)C[C@@H]2N1C(=O)CCc1ccccc1. The number of rotatable bonds is 13. The summed E-state index contributed by atoms with van der Waals surface area (Å²) in [5, 5.41) is 17.3. The van der Waals surface area contributed by atoms with Crippen LogP contribution in [-0.4, -0.2) is 92.1 Å². The molecule has 3 heterocycles. The number of hydrogen-bond donors (Lipinski definition) is 2. The Morgan fingerprint density at radius 1 is 0.902 bits per heavy atom. The summed E-state index contributed by atoms with van der Waals surface area (Å²) < 4.78 is 7.34. The molecule has 5 aromatic carbocycles. The molecule has 8 rings (SSSR count). The molecule has 2 N–H and O–H groups in total. The summed E-state index contributed by atoms with van der Waals surface area (Å²) in [5.41, 5.74) is 6.67. The van der Waals surface area contributed by atoms with Crippen LogP contribution in [0.25, 0.3) is 22.0 Å². The number of phenolic OH excluding ortho intramolecular Hbond substituents is 1. The number of anilines is 1. The van der Waals surface area contributed by atoms with Crippen LogP contribution in [0.2, 0.25) is 0 Å². The van der Waals surface area contributed by atoms with Crippen LogP contribution in [0.5, 0.6) is 11.5 Å². The number of hydrazine groups is 1. The van der Waals surface area contributed by atoms with E-state index in [1.165, 1.54) is 0 Å². The number of fused-ring (bicyclic) bond motifs is 2. The van der Waals surface area contributed by atoms with Gasteiger partial charge in [-0.05, 0) is 65.1 Å². The Morgan fingerprint density at radius 3 is 2.39 bits per heavy atom. The van der Waals surface area contributed by atoms with Crippen molar-refractivity contribution < 1.29 is 29.0 Å². The maximum atomic E-state index is 14.8. The highest BCUT2D eigenvalue weighted by Gasteiger charge is 2.51. The zero-order chi connectivity index (χ0) is 42.6. The van der Waals surface area contributed by atoms with Crippen LogP contribution < -0.4 is 10.1 Å². The van der Waals surface area contributed by atoms with Crippen molar-refractivity contribution >= 4 is 40.2 Å². The minimum Gasteiger partial charge on any atom is -0.508 e. The van der Waals surface area contributed by atoms with Crippen molar-refractivity contribution in [1.82, 2.24) is 24.4 Å². The molecule has 2 saturated heterocycles. The van der Waals surface area contributed by atoms with Crippen LogP contribution >= 0.6 is 0 Å². The Labute approximate surface area is 354 Å². The average molecular weight is 817 g/mol. The van der Waals surface area contributed by atoms with Crippen LogP contribution in [0.1, 0.15) is 33.5 Å². The summed E-state index contributed by atoms with van der Waals surface area (Å²) in [6.45, 7) is 4.46. The molecule has 0 aliphatic carbocycles. The summed E-state index contributed by atoms with van der Waals surface area (Å²) in [4.78, 5) is 59.7. The number of ether oxygens (including phenoxy) is 1. The largest absolute Gasteiger partial charge is 0.508 e. The third-order valence-corrected chi connectivity index (χ3v) is 11.5. The fourth-order valence-electron chi connectivity index (χ4n) is 8.59. The van der Waals surface area contributed by atoms with Crippen molar-refractivity contribution in [2.45, 2.75) is 38.0 Å². The van der Waals surface area contributed by atoms with E-state index in [0.29, 0.717) is 23.4 Å². The molecule has 0 bridgehead atoms. The Balaban J connectivity index is 1.10. The number of para-hydroxylation sites is 1. The highest BCUT2D eigenvalue weighted by atomic mass is 16.5. The third-order valence-electron chi connectivity index (χ3n) is 11.5. The smallest absolute Gasteiger partial charge is 0.255 e. The number of piperazine rings is 1. The second kappa shape index (κ2) is 17.6. The van der Waals surface area contributed by atoms with E-state index in [9.17, 15) is 24.3 Å². The van der Waals surface area contributed by atoms with Crippen LogP contribution in [-0.2, 0) is 40.8 Å². The van der Waals surface area contributed by atoms with Gasteiger partial charge in [-0.3, -0.25) is 19.2 Å². The Kier molecular flexibility index (Phi) is 11.7. The van der Waals surface area contributed by atoms with Gasteiger partial charge in [0.05, 0.1) is 25.7 Å². The lowest BCUT2D eigenvalue weighted by atomic mass is 9.97. The molecule has 2 fully saturated rings. The van der Waals surface area contributed by atoms with Crippen molar-refractivity contribution in [3.8, 4) is 22.6 Å². The van der Waals surface area contributed by atoms with Crippen LogP contribution in [0, 0.1) is 0 Å². The highest BCUT2D eigenvalue weighted by Crippen LogP contribution is 2.35. The molecule has 61 heavy (non-hydrogen) atoms. The fraction of sp³-hybridized carbons (Fsp3) is 0.224. The first-order valence-corrected chi connectivity index (χ1v) is 20.3. The van der Waals surface area contributed by atoms with Crippen LogP contribution in [0.4, 0.5) is 5.69 Å². The van der Waals surface area contributed by atoms with E-state index in [-0.39, 0.29) is 68.4 Å². The topological polar surface area (TPSA) is 128 Å². The van der Waals surface area contributed by atoms with Crippen molar-refractivity contribution in [2.24, 2.45) is 7.05 Å². The second-order valence-corrected chi connectivity index (χ2v) is 15.5. The van der Waals surface area contributed by atoms with Gasteiger partial charge < -0.3 is 29.5 Å². The van der Waals surface area contributed by atoms with Gasteiger partial charge in [0, 0.05) is 67.4 Å². The zero-order valence-electron chi connectivity index (χ0n) is 34.2. The van der Waals surface area contributed by atoms with Gasteiger partial charge in [0.15, 0.2) is 0 Å². The predicted molar refractivity (Wildman–Crippen MR) is 234 cm³/mol. The van der Waals surface area contributed by atoms with E-state index >= 15 is 0 Å². The molecule has 2 atom stereocenters. The Morgan fingerprint density at radius 2 is 1.66 bits per heavy atom. The maximum Gasteiger partial charge on any atom is 0.255 e. The molecule has 0 unspecified atom stereocenters.